The molecule has 0 aromatic carbocycles. The molecule has 2 rings (SSSR count). The second kappa shape index (κ2) is 4.92. The van der Waals surface area contributed by atoms with Crippen molar-refractivity contribution in [3.8, 4) is 0 Å². The Morgan fingerprint density at radius 3 is 2.93 bits per heavy atom. The van der Waals surface area contributed by atoms with Crippen molar-refractivity contribution < 1.29 is 14.3 Å². The number of rotatable bonds is 4. The normalized spacial score (nSPS) is 26.3. The fraction of sp³-hybridized carbons (Fsp3) is 0.900. The van der Waals surface area contributed by atoms with Gasteiger partial charge in [-0.1, -0.05) is 0 Å². The third-order valence-corrected chi connectivity index (χ3v) is 3.03. The van der Waals surface area contributed by atoms with E-state index in [1.54, 1.807) is 4.90 Å². The van der Waals surface area contributed by atoms with Crippen molar-refractivity contribution in [1.29, 1.82) is 0 Å². The van der Waals surface area contributed by atoms with E-state index in [4.69, 9.17) is 9.47 Å². The minimum absolute atomic E-state index is 0.0531. The molecule has 1 atom stereocenters. The van der Waals surface area contributed by atoms with Crippen LogP contribution in [0.3, 0.4) is 0 Å². The molecule has 86 valence electrons. The highest BCUT2D eigenvalue weighted by atomic mass is 16.5. The molecule has 1 unspecified atom stereocenters. The summed E-state index contributed by atoms with van der Waals surface area (Å²) in [6.45, 7) is 3.34. The van der Waals surface area contributed by atoms with E-state index in [0.717, 1.165) is 26.1 Å². The van der Waals surface area contributed by atoms with Crippen LogP contribution in [0.4, 0.5) is 0 Å². The van der Waals surface area contributed by atoms with Crippen LogP contribution in [0.5, 0.6) is 0 Å². The van der Waals surface area contributed by atoms with Gasteiger partial charge in [-0.05, 0) is 6.42 Å². The number of hydrogen-bond donors (Lipinski definition) is 1. The summed E-state index contributed by atoms with van der Waals surface area (Å²) < 4.78 is 10.7. The van der Waals surface area contributed by atoms with Gasteiger partial charge < -0.3 is 19.7 Å². The van der Waals surface area contributed by atoms with Gasteiger partial charge in [0.1, 0.15) is 6.61 Å². The van der Waals surface area contributed by atoms with Crippen LogP contribution in [-0.2, 0) is 14.3 Å². The Morgan fingerprint density at radius 2 is 2.40 bits per heavy atom. The summed E-state index contributed by atoms with van der Waals surface area (Å²) in [5.74, 6) is 0.0531. The first-order chi connectivity index (χ1) is 7.27. The lowest BCUT2D eigenvalue weighted by Crippen LogP contribution is -2.50. The van der Waals surface area contributed by atoms with E-state index in [0.29, 0.717) is 6.61 Å². The maximum absolute atomic E-state index is 11.7. The third-order valence-electron chi connectivity index (χ3n) is 3.03. The summed E-state index contributed by atoms with van der Waals surface area (Å²) in [6, 6.07) is 0.237. The maximum Gasteiger partial charge on any atom is 0.248 e. The predicted molar refractivity (Wildman–Crippen MR) is 54.6 cm³/mol. The van der Waals surface area contributed by atoms with Crippen LogP contribution >= 0.6 is 0 Å². The van der Waals surface area contributed by atoms with Crippen molar-refractivity contribution in [3.05, 3.63) is 0 Å². The predicted octanol–water partition coefficient (Wildman–Crippen LogP) is -0.778. The maximum atomic E-state index is 11.7. The molecule has 2 aliphatic rings. The molecule has 1 amide bonds. The summed E-state index contributed by atoms with van der Waals surface area (Å²) >= 11 is 0. The number of carbonyl (C=O) groups is 1. The largest absolute Gasteiger partial charge is 0.379 e. The fourth-order valence-electron chi connectivity index (χ4n) is 1.70. The van der Waals surface area contributed by atoms with Gasteiger partial charge in [-0.2, -0.15) is 0 Å². The number of likely N-dealkylation sites (N-methyl/N-ethyl adjacent to an activating group) is 1. The highest BCUT2D eigenvalue weighted by molar-refractivity contribution is 5.77. The van der Waals surface area contributed by atoms with E-state index in [1.165, 1.54) is 0 Å². The Kier molecular flexibility index (Phi) is 3.56. The van der Waals surface area contributed by atoms with Crippen molar-refractivity contribution in [3.63, 3.8) is 0 Å². The molecule has 0 aromatic heterocycles. The molecule has 1 N–H and O–H groups in total. The minimum Gasteiger partial charge on any atom is -0.379 e. The van der Waals surface area contributed by atoms with E-state index in [-0.39, 0.29) is 24.7 Å². The quantitative estimate of drug-likeness (QED) is 0.667. The molecule has 0 bridgehead atoms. The number of ether oxygens (including phenoxy) is 2. The van der Waals surface area contributed by atoms with Crippen LogP contribution in [0.1, 0.15) is 6.42 Å². The molecule has 2 aliphatic heterocycles. The number of nitrogens with zero attached hydrogens (tertiary/aromatic N) is 1. The van der Waals surface area contributed by atoms with Gasteiger partial charge in [0.25, 0.3) is 0 Å². The van der Waals surface area contributed by atoms with Crippen molar-refractivity contribution in [2.75, 3.05) is 40.0 Å². The van der Waals surface area contributed by atoms with Crippen LogP contribution in [-0.4, -0.2) is 62.9 Å². The summed E-state index contributed by atoms with van der Waals surface area (Å²) in [6.07, 6.45) is 1.16. The molecule has 2 heterocycles. The standard InChI is InChI=1S/C10H18N2O3/c1-12(8-2-3-14-6-8)10(13)7-15-9-4-11-5-9/h8-9,11H,2-7H2,1H3. The SMILES string of the molecule is CN(C(=O)COC1CNC1)C1CCOC1. The van der Waals surface area contributed by atoms with E-state index in [2.05, 4.69) is 5.32 Å². The van der Waals surface area contributed by atoms with Crippen LogP contribution in [0, 0.1) is 0 Å². The van der Waals surface area contributed by atoms with E-state index in [1.807, 2.05) is 7.05 Å². The molecule has 0 spiro atoms. The molecular formula is C10H18N2O3. The van der Waals surface area contributed by atoms with Crippen LogP contribution in [0.2, 0.25) is 0 Å². The van der Waals surface area contributed by atoms with E-state index < -0.39 is 0 Å². The van der Waals surface area contributed by atoms with Gasteiger partial charge >= 0.3 is 0 Å². The minimum atomic E-state index is 0.0531. The van der Waals surface area contributed by atoms with Crippen molar-refractivity contribution in [1.82, 2.24) is 10.2 Å². The van der Waals surface area contributed by atoms with Crippen molar-refractivity contribution in [2.45, 2.75) is 18.6 Å². The monoisotopic (exact) mass is 214 g/mol. The summed E-state index contributed by atoms with van der Waals surface area (Å²) in [5.41, 5.74) is 0. The first-order valence-corrected chi connectivity index (χ1v) is 5.43. The molecule has 0 radical (unpaired) electrons. The smallest absolute Gasteiger partial charge is 0.248 e. The zero-order valence-electron chi connectivity index (χ0n) is 9.07. The third kappa shape index (κ3) is 2.68. The molecule has 15 heavy (non-hydrogen) atoms. The lowest BCUT2D eigenvalue weighted by molar-refractivity contribution is -0.140. The molecule has 0 saturated carbocycles. The summed E-state index contributed by atoms with van der Waals surface area (Å²) in [7, 11) is 1.82. The lowest BCUT2D eigenvalue weighted by Gasteiger charge is -2.29. The van der Waals surface area contributed by atoms with Gasteiger partial charge in [-0.25, -0.2) is 0 Å². The molecule has 2 fully saturated rings. The van der Waals surface area contributed by atoms with Gasteiger partial charge in [0, 0.05) is 26.7 Å². The topological polar surface area (TPSA) is 50.8 Å². The Labute approximate surface area is 89.7 Å². The Balaban J connectivity index is 1.68. The fourth-order valence-corrected chi connectivity index (χ4v) is 1.70. The van der Waals surface area contributed by atoms with Gasteiger partial charge in [0.15, 0.2) is 0 Å². The number of nitrogens with one attached hydrogen (secondary N) is 1. The van der Waals surface area contributed by atoms with Crippen LogP contribution < -0.4 is 5.32 Å². The summed E-state index contributed by atoms with van der Waals surface area (Å²) in [4.78, 5) is 13.4. The number of carbonyl (C=O) groups excluding carboxylic acids is 1. The van der Waals surface area contributed by atoms with Gasteiger partial charge in [-0.15, -0.1) is 0 Å². The molecule has 0 aliphatic carbocycles. The van der Waals surface area contributed by atoms with Crippen LogP contribution in [0.25, 0.3) is 0 Å². The molecular weight excluding hydrogens is 196 g/mol. The first-order valence-electron chi connectivity index (χ1n) is 5.43. The lowest BCUT2D eigenvalue weighted by atomic mass is 10.2. The average molecular weight is 214 g/mol. The Hall–Kier alpha value is -0.650. The Morgan fingerprint density at radius 1 is 1.60 bits per heavy atom. The average Bonchev–Trinajstić information content (AvgIpc) is 2.66. The second-order valence-corrected chi connectivity index (χ2v) is 4.11. The molecule has 5 nitrogen and oxygen atoms in total. The first kappa shape index (κ1) is 10.9. The number of amides is 1. The van der Waals surface area contributed by atoms with E-state index >= 15 is 0 Å². The zero-order chi connectivity index (χ0) is 10.7. The summed E-state index contributed by atoms with van der Waals surface area (Å²) in [5, 5.41) is 3.10. The molecule has 2 saturated heterocycles. The van der Waals surface area contributed by atoms with E-state index in [9.17, 15) is 4.79 Å². The molecule has 5 heteroatoms. The van der Waals surface area contributed by atoms with Crippen molar-refractivity contribution >= 4 is 5.91 Å². The highest BCUT2D eigenvalue weighted by Crippen LogP contribution is 2.11. The van der Waals surface area contributed by atoms with Gasteiger partial charge in [0.05, 0.1) is 18.8 Å². The van der Waals surface area contributed by atoms with Gasteiger partial charge in [-0.3, -0.25) is 4.79 Å². The van der Waals surface area contributed by atoms with Gasteiger partial charge in [0.2, 0.25) is 5.91 Å². The van der Waals surface area contributed by atoms with Crippen LogP contribution in [0.15, 0.2) is 0 Å². The van der Waals surface area contributed by atoms with Crippen molar-refractivity contribution in [2.24, 2.45) is 0 Å². The molecule has 0 aromatic rings. The zero-order valence-corrected chi connectivity index (χ0v) is 9.07. The highest BCUT2D eigenvalue weighted by Gasteiger charge is 2.25. The Bertz CT molecular complexity index is 225. The second-order valence-electron chi connectivity index (χ2n) is 4.11. The number of hydrogen-bond acceptors (Lipinski definition) is 4.